The van der Waals surface area contributed by atoms with E-state index in [1.165, 1.54) is 16.4 Å². The fraction of sp³-hybridized carbons (Fsp3) is 0.350. The first-order chi connectivity index (χ1) is 13.4. The molecule has 6 nitrogen and oxygen atoms in total. The highest BCUT2D eigenvalue weighted by Gasteiger charge is 2.37. The molecular weight excluding hydrogens is 383 g/mol. The maximum absolute atomic E-state index is 13.2. The first-order valence-electron chi connectivity index (χ1n) is 9.04. The van der Waals surface area contributed by atoms with E-state index >= 15 is 0 Å². The number of fused-ring (bicyclic) bond motifs is 1. The predicted molar refractivity (Wildman–Crippen MR) is 103 cm³/mol. The third-order valence-corrected chi connectivity index (χ3v) is 6.71. The van der Waals surface area contributed by atoms with E-state index in [9.17, 15) is 17.6 Å². The molecule has 3 rings (SSSR count). The molecule has 0 aliphatic carbocycles. The highest BCUT2D eigenvalue weighted by molar-refractivity contribution is 7.89. The topological polar surface area (TPSA) is 75.7 Å². The number of benzene rings is 2. The maximum atomic E-state index is 13.2. The molecule has 1 amide bonds. The molecule has 0 bridgehead atoms. The fourth-order valence-corrected chi connectivity index (χ4v) is 5.02. The molecule has 150 valence electrons. The van der Waals surface area contributed by atoms with E-state index in [4.69, 9.17) is 4.74 Å². The molecule has 1 aliphatic rings. The maximum Gasteiger partial charge on any atom is 0.243 e. The lowest BCUT2D eigenvalue weighted by molar-refractivity contribution is -0.122. The van der Waals surface area contributed by atoms with E-state index < -0.39 is 21.9 Å². The molecule has 0 saturated heterocycles. The molecule has 1 aliphatic heterocycles. The number of ether oxygens (including phenoxy) is 1. The van der Waals surface area contributed by atoms with Gasteiger partial charge in [-0.15, -0.1) is 0 Å². The zero-order valence-corrected chi connectivity index (χ0v) is 16.4. The minimum atomic E-state index is -3.88. The van der Waals surface area contributed by atoms with Crippen molar-refractivity contribution in [1.82, 2.24) is 9.62 Å². The largest absolute Gasteiger partial charge is 0.383 e. The molecule has 2 aromatic carbocycles. The summed E-state index contributed by atoms with van der Waals surface area (Å²) >= 11 is 0. The van der Waals surface area contributed by atoms with Crippen LogP contribution >= 0.6 is 0 Å². The third-order valence-electron chi connectivity index (χ3n) is 4.79. The van der Waals surface area contributed by atoms with Gasteiger partial charge in [0.2, 0.25) is 15.9 Å². The number of amides is 1. The molecule has 0 spiro atoms. The summed E-state index contributed by atoms with van der Waals surface area (Å²) in [5.41, 5.74) is 1.85. The van der Waals surface area contributed by atoms with Gasteiger partial charge in [-0.3, -0.25) is 4.79 Å². The van der Waals surface area contributed by atoms with Crippen molar-refractivity contribution in [3.8, 4) is 0 Å². The van der Waals surface area contributed by atoms with Gasteiger partial charge < -0.3 is 10.1 Å². The Kier molecular flexibility index (Phi) is 6.43. The van der Waals surface area contributed by atoms with Crippen LogP contribution < -0.4 is 5.32 Å². The van der Waals surface area contributed by atoms with Crippen LogP contribution in [0.1, 0.15) is 23.6 Å². The number of nitrogens with zero attached hydrogens (tertiary/aromatic N) is 1. The van der Waals surface area contributed by atoms with Gasteiger partial charge in [-0.25, -0.2) is 12.8 Å². The summed E-state index contributed by atoms with van der Waals surface area (Å²) in [4.78, 5) is 12.4. The Morgan fingerprint density at radius 2 is 1.93 bits per heavy atom. The number of hydrogen-bond donors (Lipinski definition) is 1. The summed E-state index contributed by atoms with van der Waals surface area (Å²) in [7, 11) is -2.34. The monoisotopic (exact) mass is 406 g/mol. The molecule has 0 unspecified atom stereocenters. The molecule has 1 atom stereocenters. The van der Waals surface area contributed by atoms with Crippen LogP contribution in [0.25, 0.3) is 0 Å². The van der Waals surface area contributed by atoms with Crippen molar-refractivity contribution in [2.24, 2.45) is 0 Å². The zero-order chi connectivity index (χ0) is 20.1. The van der Waals surface area contributed by atoms with E-state index in [1.54, 1.807) is 7.11 Å². The van der Waals surface area contributed by atoms with Crippen molar-refractivity contribution < 1.29 is 22.3 Å². The van der Waals surface area contributed by atoms with Crippen LogP contribution in [0.3, 0.4) is 0 Å². The lowest BCUT2D eigenvalue weighted by atomic mass is 9.92. The van der Waals surface area contributed by atoms with Crippen molar-refractivity contribution in [2.45, 2.75) is 23.8 Å². The van der Waals surface area contributed by atoms with Crippen molar-refractivity contribution >= 4 is 15.9 Å². The normalized spacial score (nSPS) is 17.1. The van der Waals surface area contributed by atoms with E-state index in [2.05, 4.69) is 5.32 Å². The Balaban J connectivity index is 1.92. The second-order valence-electron chi connectivity index (χ2n) is 6.58. The van der Waals surface area contributed by atoms with Gasteiger partial charge >= 0.3 is 0 Å². The van der Waals surface area contributed by atoms with E-state index in [0.29, 0.717) is 19.6 Å². The van der Waals surface area contributed by atoms with Crippen molar-refractivity contribution in [3.05, 3.63) is 65.5 Å². The first kappa shape index (κ1) is 20.4. The molecule has 2 aromatic rings. The SMILES string of the molecule is COCCNC(=O)C[C@H]1c2ccccc2CCN1S(=O)(=O)c1ccc(F)cc1. The molecule has 1 heterocycles. The molecule has 1 N–H and O–H groups in total. The number of carbonyl (C=O) groups excluding carboxylic acids is 1. The highest BCUT2D eigenvalue weighted by atomic mass is 32.2. The number of hydrogen-bond acceptors (Lipinski definition) is 4. The molecule has 0 saturated carbocycles. The third kappa shape index (κ3) is 4.40. The van der Waals surface area contributed by atoms with Crippen LogP contribution in [0.15, 0.2) is 53.4 Å². The lowest BCUT2D eigenvalue weighted by Gasteiger charge is -2.36. The van der Waals surface area contributed by atoms with Crippen LogP contribution in [0, 0.1) is 5.82 Å². The van der Waals surface area contributed by atoms with Crippen molar-refractivity contribution in [2.75, 3.05) is 26.8 Å². The Hall–Kier alpha value is -2.29. The molecule has 0 fully saturated rings. The summed E-state index contributed by atoms with van der Waals surface area (Å²) < 4.78 is 45.9. The number of rotatable bonds is 7. The summed E-state index contributed by atoms with van der Waals surface area (Å²) in [5.74, 6) is -0.755. The van der Waals surface area contributed by atoms with Gasteiger partial charge in [-0.1, -0.05) is 24.3 Å². The van der Waals surface area contributed by atoms with Crippen LogP contribution in [0.4, 0.5) is 4.39 Å². The summed E-state index contributed by atoms with van der Waals surface area (Å²) in [6.07, 6.45) is 0.555. The number of nitrogens with one attached hydrogen (secondary N) is 1. The fourth-order valence-electron chi connectivity index (χ4n) is 3.41. The van der Waals surface area contributed by atoms with Crippen LogP contribution in [-0.2, 0) is 26.0 Å². The molecule has 0 radical (unpaired) electrons. The number of halogens is 1. The Labute approximate surface area is 164 Å². The number of methoxy groups -OCH3 is 1. The standard InChI is InChI=1S/C20H23FN2O4S/c1-27-13-11-22-20(24)14-19-18-5-3-2-4-15(18)10-12-23(19)28(25,26)17-8-6-16(21)7-9-17/h2-9,19H,10-14H2,1H3,(H,22,24)/t19-/m0/s1. The highest BCUT2D eigenvalue weighted by Crippen LogP contribution is 2.36. The average Bonchev–Trinajstić information content (AvgIpc) is 2.68. The zero-order valence-electron chi connectivity index (χ0n) is 15.6. The van der Waals surface area contributed by atoms with Crippen molar-refractivity contribution in [1.29, 1.82) is 0 Å². The van der Waals surface area contributed by atoms with Crippen LogP contribution in [0.2, 0.25) is 0 Å². The average molecular weight is 406 g/mol. The Bertz CT molecular complexity index is 931. The Morgan fingerprint density at radius 3 is 2.64 bits per heavy atom. The van der Waals surface area contributed by atoms with Crippen LogP contribution in [-0.4, -0.2) is 45.4 Å². The molecule has 28 heavy (non-hydrogen) atoms. The van der Waals surface area contributed by atoms with Crippen LogP contribution in [0.5, 0.6) is 0 Å². The number of carbonyl (C=O) groups is 1. The molecular formula is C20H23FN2O4S. The van der Waals surface area contributed by atoms with Gasteiger partial charge in [0.05, 0.1) is 17.5 Å². The van der Waals surface area contributed by atoms with Gasteiger partial charge in [-0.2, -0.15) is 4.31 Å². The van der Waals surface area contributed by atoms with Gasteiger partial charge in [-0.05, 0) is 41.8 Å². The second kappa shape index (κ2) is 8.81. The van der Waals surface area contributed by atoms with Gasteiger partial charge in [0, 0.05) is 26.6 Å². The second-order valence-corrected chi connectivity index (χ2v) is 8.47. The van der Waals surface area contributed by atoms with E-state index in [1.807, 2.05) is 24.3 Å². The molecule has 0 aromatic heterocycles. The smallest absolute Gasteiger partial charge is 0.243 e. The van der Waals surface area contributed by atoms with E-state index in [-0.39, 0.29) is 23.8 Å². The minimum absolute atomic E-state index is 0.00114. The Morgan fingerprint density at radius 1 is 1.21 bits per heavy atom. The van der Waals surface area contributed by atoms with Gasteiger partial charge in [0.15, 0.2) is 0 Å². The summed E-state index contributed by atoms with van der Waals surface area (Å²) in [6.45, 7) is 0.992. The summed E-state index contributed by atoms with van der Waals surface area (Å²) in [6, 6.07) is 11.7. The first-order valence-corrected chi connectivity index (χ1v) is 10.5. The van der Waals surface area contributed by atoms with E-state index in [0.717, 1.165) is 23.3 Å². The molecule has 8 heteroatoms. The quantitative estimate of drug-likeness (QED) is 0.716. The predicted octanol–water partition coefficient (Wildman–Crippen LogP) is 2.27. The van der Waals surface area contributed by atoms with Gasteiger partial charge in [0.1, 0.15) is 5.82 Å². The number of sulfonamides is 1. The summed E-state index contributed by atoms with van der Waals surface area (Å²) in [5, 5.41) is 2.75. The van der Waals surface area contributed by atoms with Crippen molar-refractivity contribution in [3.63, 3.8) is 0 Å². The minimum Gasteiger partial charge on any atom is -0.383 e. The van der Waals surface area contributed by atoms with Gasteiger partial charge in [0.25, 0.3) is 0 Å². The lowest BCUT2D eigenvalue weighted by Crippen LogP contribution is -2.42.